The third kappa shape index (κ3) is 2.05. The van der Waals surface area contributed by atoms with Gasteiger partial charge in [0.15, 0.2) is 0 Å². The minimum absolute atomic E-state index is 0.438. The summed E-state index contributed by atoms with van der Waals surface area (Å²) in [4.78, 5) is 13.9. The molecule has 0 unspecified atom stereocenters. The molecule has 4 heteroatoms. The molecule has 0 radical (unpaired) electrons. The van der Waals surface area contributed by atoms with E-state index in [9.17, 15) is 9.90 Å². The van der Waals surface area contributed by atoms with Gasteiger partial charge in [0.05, 0.1) is 5.41 Å². The zero-order chi connectivity index (χ0) is 12.6. The minimum atomic E-state index is -0.576. The quantitative estimate of drug-likeness (QED) is 0.832. The fourth-order valence-electron chi connectivity index (χ4n) is 4.05. The molecule has 3 aliphatic rings. The van der Waals surface area contributed by atoms with Gasteiger partial charge in [0.1, 0.15) is 0 Å². The lowest BCUT2D eigenvalue weighted by molar-refractivity contribution is -0.154. The van der Waals surface area contributed by atoms with Crippen molar-refractivity contribution in [3.8, 4) is 0 Å². The highest BCUT2D eigenvalue weighted by molar-refractivity contribution is 5.75. The summed E-state index contributed by atoms with van der Waals surface area (Å²) >= 11 is 0. The van der Waals surface area contributed by atoms with E-state index < -0.39 is 11.4 Å². The van der Waals surface area contributed by atoms with Gasteiger partial charge in [0.25, 0.3) is 0 Å². The lowest BCUT2D eigenvalue weighted by Crippen LogP contribution is -2.61. The van der Waals surface area contributed by atoms with Crippen LogP contribution in [0.4, 0.5) is 0 Å². The van der Waals surface area contributed by atoms with E-state index in [-0.39, 0.29) is 0 Å². The minimum Gasteiger partial charge on any atom is -0.481 e. The van der Waals surface area contributed by atoms with Crippen LogP contribution in [-0.4, -0.2) is 48.8 Å². The molecule has 18 heavy (non-hydrogen) atoms. The van der Waals surface area contributed by atoms with Crippen molar-refractivity contribution in [2.45, 2.75) is 38.5 Å². The van der Waals surface area contributed by atoms with E-state index in [4.69, 9.17) is 4.74 Å². The molecule has 102 valence electrons. The van der Waals surface area contributed by atoms with Crippen molar-refractivity contribution >= 4 is 5.97 Å². The monoisotopic (exact) mass is 253 g/mol. The van der Waals surface area contributed by atoms with Gasteiger partial charge in [-0.3, -0.25) is 4.79 Å². The summed E-state index contributed by atoms with van der Waals surface area (Å²) in [5, 5.41) is 9.49. The molecule has 0 aromatic rings. The Labute approximate surface area is 108 Å². The number of rotatable bonds is 3. The van der Waals surface area contributed by atoms with Crippen LogP contribution in [0.2, 0.25) is 0 Å². The number of hydrogen-bond acceptors (Lipinski definition) is 3. The molecule has 0 amide bonds. The van der Waals surface area contributed by atoms with Crippen LogP contribution >= 0.6 is 0 Å². The SMILES string of the molecule is O=C(O)C1(CN2CC3(CCOCC3)C2)CCCC1. The fourth-order valence-corrected chi connectivity index (χ4v) is 4.05. The van der Waals surface area contributed by atoms with Crippen molar-refractivity contribution < 1.29 is 14.6 Å². The van der Waals surface area contributed by atoms with Gasteiger partial charge in [-0.25, -0.2) is 0 Å². The van der Waals surface area contributed by atoms with E-state index >= 15 is 0 Å². The predicted molar refractivity (Wildman–Crippen MR) is 67.5 cm³/mol. The maximum atomic E-state index is 11.5. The summed E-state index contributed by atoms with van der Waals surface area (Å²) in [5.74, 6) is -0.576. The standard InChI is InChI=1S/C14H23NO3/c16-12(17)14(3-1-2-4-14)11-15-9-13(10-15)5-7-18-8-6-13/h1-11H2,(H,16,17). The van der Waals surface area contributed by atoms with Crippen LogP contribution in [-0.2, 0) is 9.53 Å². The maximum Gasteiger partial charge on any atom is 0.310 e. The summed E-state index contributed by atoms with van der Waals surface area (Å²) in [6.07, 6.45) is 6.22. The molecule has 1 spiro atoms. The topological polar surface area (TPSA) is 49.8 Å². The molecule has 3 rings (SSSR count). The summed E-state index contributed by atoms with van der Waals surface area (Å²) < 4.78 is 5.41. The Bertz CT molecular complexity index is 322. The fraction of sp³-hybridized carbons (Fsp3) is 0.929. The van der Waals surface area contributed by atoms with Crippen LogP contribution in [0.3, 0.4) is 0 Å². The first-order valence-electron chi connectivity index (χ1n) is 7.18. The highest BCUT2D eigenvalue weighted by Crippen LogP contribution is 2.45. The number of carbonyl (C=O) groups is 1. The predicted octanol–water partition coefficient (Wildman–Crippen LogP) is 1.74. The highest BCUT2D eigenvalue weighted by atomic mass is 16.5. The van der Waals surface area contributed by atoms with Gasteiger partial charge in [-0.05, 0) is 25.7 Å². The zero-order valence-electron chi connectivity index (χ0n) is 11.0. The molecule has 1 aliphatic carbocycles. The third-order valence-corrected chi connectivity index (χ3v) is 5.21. The molecule has 2 saturated heterocycles. The second kappa shape index (κ2) is 4.49. The molecule has 3 fully saturated rings. The molecule has 0 aromatic carbocycles. The Morgan fingerprint density at radius 2 is 1.72 bits per heavy atom. The molecule has 2 aliphatic heterocycles. The average molecular weight is 253 g/mol. The van der Waals surface area contributed by atoms with E-state index in [2.05, 4.69) is 4.90 Å². The zero-order valence-corrected chi connectivity index (χ0v) is 11.0. The second-order valence-corrected chi connectivity index (χ2v) is 6.55. The van der Waals surface area contributed by atoms with Crippen molar-refractivity contribution in [3.05, 3.63) is 0 Å². The molecule has 1 saturated carbocycles. The normalized spacial score (nSPS) is 30.2. The van der Waals surface area contributed by atoms with Gasteiger partial charge >= 0.3 is 5.97 Å². The molecule has 4 nitrogen and oxygen atoms in total. The van der Waals surface area contributed by atoms with Crippen LogP contribution in [0.15, 0.2) is 0 Å². The van der Waals surface area contributed by atoms with Crippen LogP contribution in [0.25, 0.3) is 0 Å². The van der Waals surface area contributed by atoms with Crippen molar-refractivity contribution in [2.24, 2.45) is 10.8 Å². The van der Waals surface area contributed by atoms with E-state index in [0.717, 1.165) is 71.4 Å². The van der Waals surface area contributed by atoms with Crippen molar-refractivity contribution in [2.75, 3.05) is 32.8 Å². The second-order valence-electron chi connectivity index (χ2n) is 6.55. The maximum absolute atomic E-state index is 11.5. The largest absolute Gasteiger partial charge is 0.481 e. The Balaban J connectivity index is 1.57. The van der Waals surface area contributed by atoms with Gasteiger partial charge in [-0.2, -0.15) is 0 Å². The first-order chi connectivity index (χ1) is 8.64. The summed E-state index contributed by atoms with van der Waals surface area (Å²) in [6.45, 7) is 4.72. The Morgan fingerprint density at radius 3 is 2.28 bits per heavy atom. The molecular formula is C14H23NO3. The van der Waals surface area contributed by atoms with Crippen LogP contribution in [0.1, 0.15) is 38.5 Å². The molecule has 0 bridgehead atoms. The smallest absolute Gasteiger partial charge is 0.310 e. The Hall–Kier alpha value is -0.610. The van der Waals surface area contributed by atoms with Gasteiger partial charge < -0.3 is 14.7 Å². The Kier molecular flexibility index (Phi) is 3.10. The summed E-state index contributed by atoms with van der Waals surface area (Å²) in [5.41, 5.74) is 0.0172. The van der Waals surface area contributed by atoms with E-state index in [1.807, 2.05) is 0 Å². The number of hydrogen-bond donors (Lipinski definition) is 1. The van der Waals surface area contributed by atoms with Crippen molar-refractivity contribution in [1.29, 1.82) is 0 Å². The van der Waals surface area contributed by atoms with E-state index in [1.54, 1.807) is 0 Å². The summed E-state index contributed by atoms with van der Waals surface area (Å²) in [6, 6.07) is 0. The molecule has 0 atom stereocenters. The van der Waals surface area contributed by atoms with Crippen molar-refractivity contribution in [1.82, 2.24) is 4.90 Å². The van der Waals surface area contributed by atoms with Crippen molar-refractivity contribution in [3.63, 3.8) is 0 Å². The number of carboxylic acid groups (broad SMARTS) is 1. The van der Waals surface area contributed by atoms with Gasteiger partial charge in [-0.15, -0.1) is 0 Å². The average Bonchev–Trinajstić information content (AvgIpc) is 2.78. The lowest BCUT2D eigenvalue weighted by Gasteiger charge is -2.54. The molecular weight excluding hydrogens is 230 g/mol. The van der Waals surface area contributed by atoms with Crippen LogP contribution in [0, 0.1) is 10.8 Å². The summed E-state index contributed by atoms with van der Waals surface area (Å²) in [7, 11) is 0. The van der Waals surface area contributed by atoms with E-state index in [0.29, 0.717) is 5.41 Å². The first kappa shape index (κ1) is 12.4. The van der Waals surface area contributed by atoms with Crippen LogP contribution in [0.5, 0.6) is 0 Å². The number of nitrogens with zero attached hydrogens (tertiary/aromatic N) is 1. The number of carboxylic acids is 1. The first-order valence-corrected chi connectivity index (χ1v) is 7.18. The lowest BCUT2D eigenvalue weighted by atomic mass is 9.72. The molecule has 1 N–H and O–H groups in total. The number of aliphatic carboxylic acids is 1. The molecule has 2 heterocycles. The van der Waals surface area contributed by atoms with E-state index in [1.165, 1.54) is 0 Å². The van der Waals surface area contributed by atoms with Gasteiger partial charge in [-0.1, -0.05) is 12.8 Å². The number of ether oxygens (including phenoxy) is 1. The number of likely N-dealkylation sites (tertiary alicyclic amines) is 1. The Morgan fingerprint density at radius 1 is 1.11 bits per heavy atom. The van der Waals surface area contributed by atoms with Crippen LogP contribution < -0.4 is 0 Å². The molecule has 0 aromatic heterocycles. The van der Waals surface area contributed by atoms with Gasteiger partial charge in [0.2, 0.25) is 0 Å². The van der Waals surface area contributed by atoms with Gasteiger partial charge in [0, 0.05) is 38.3 Å². The third-order valence-electron chi connectivity index (χ3n) is 5.21. The highest BCUT2D eigenvalue weighted by Gasteiger charge is 2.49.